The van der Waals surface area contributed by atoms with Crippen LogP contribution in [0.3, 0.4) is 0 Å². The van der Waals surface area contributed by atoms with E-state index in [1.54, 1.807) is 19.1 Å². The number of urea groups is 1. The zero-order valence-electron chi connectivity index (χ0n) is 14.4. The van der Waals surface area contributed by atoms with Crippen molar-refractivity contribution in [1.29, 1.82) is 0 Å². The van der Waals surface area contributed by atoms with Crippen LogP contribution in [0.5, 0.6) is 0 Å². The summed E-state index contributed by atoms with van der Waals surface area (Å²) >= 11 is 0. The molecular weight excluding hydrogens is 315 g/mol. The average Bonchev–Trinajstić information content (AvgIpc) is 3.45. The predicted molar refractivity (Wildman–Crippen MR) is 95.5 cm³/mol. The Kier molecular flexibility index (Phi) is 4.20. The molecule has 2 atom stereocenters. The van der Waals surface area contributed by atoms with Gasteiger partial charge in [0.25, 0.3) is 0 Å². The molecule has 1 aliphatic carbocycles. The SMILES string of the molecule is Cc1ccc(C2NC(=O)N(Cc3ccccc3)CC2C2CC2)cc1F. The average molecular weight is 338 g/mol. The summed E-state index contributed by atoms with van der Waals surface area (Å²) in [6.07, 6.45) is 2.40. The lowest BCUT2D eigenvalue weighted by atomic mass is 9.86. The van der Waals surface area contributed by atoms with E-state index in [0.717, 1.165) is 17.7 Å². The maximum Gasteiger partial charge on any atom is 0.318 e. The minimum atomic E-state index is -0.201. The van der Waals surface area contributed by atoms with Gasteiger partial charge in [-0.3, -0.25) is 0 Å². The summed E-state index contributed by atoms with van der Waals surface area (Å²) in [6, 6.07) is 15.2. The van der Waals surface area contributed by atoms with E-state index in [-0.39, 0.29) is 17.9 Å². The van der Waals surface area contributed by atoms with Gasteiger partial charge in [-0.05, 0) is 48.4 Å². The Balaban J connectivity index is 1.56. The number of hydrogen-bond donors (Lipinski definition) is 1. The van der Waals surface area contributed by atoms with Gasteiger partial charge in [0.1, 0.15) is 5.82 Å². The number of benzene rings is 2. The quantitative estimate of drug-likeness (QED) is 0.879. The highest BCUT2D eigenvalue weighted by molar-refractivity contribution is 5.76. The fourth-order valence-corrected chi connectivity index (χ4v) is 3.79. The molecule has 2 unspecified atom stereocenters. The van der Waals surface area contributed by atoms with Crippen LogP contribution in [0.4, 0.5) is 9.18 Å². The number of aryl methyl sites for hydroxylation is 1. The maximum atomic E-state index is 14.0. The van der Waals surface area contributed by atoms with Crippen molar-refractivity contribution in [2.45, 2.75) is 32.4 Å². The molecule has 1 aliphatic heterocycles. The van der Waals surface area contributed by atoms with Crippen molar-refractivity contribution in [2.75, 3.05) is 6.54 Å². The van der Waals surface area contributed by atoms with Crippen molar-refractivity contribution in [3.8, 4) is 0 Å². The molecule has 4 heteroatoms. The molecule has 0 bridgehead atoms. The van der Waals surface area contributed by atoms with Crippen LogP contribution in [0, 0.1) is 24.6 Å². The molecule has 0 radical (unpaired) electrons. The molecule has 2 aromatic rings. The first-order valence-corrected chi connectivity index (χ1v) is 8.97. The van der Waals surface area contributed by atoms with Gasteiger partial charge in [0.05, 0.1) is 6.04 Å². The third-order valence-electron chi connectivity index (χ3n) is 5.42. The number of halogens is 1. The number of rotatable bonds is 4. The monoisotopic (exact) mass is 338 g/mol. The minimum absolute atomic E-state index is 0.0632. The number of hydrogen-bond acceptors (Lipinski definition) is 1. The van der Waals surface area contributed by atoms with E-state index in [1.165, 1.54) is 12.8 Å². The Morgan fingerprint density at radius 1 is 1.16 bits per heavy atom. The first-order valence-electron chi connectivity index (χ1n) is 8.97. The van der Waals surface area contributed by atoms with Crippen LogP contribution in [-0.2, 0) is 6.54 Å². The Labute approximate surface area is 147 Å². The molecule has 2 aromatic carbocycles. The van der Waals surface area contributed by atoms with Crippen LogP contribution in [0.25, 0.3) is 0 Å². The van der Waals surface area contributed by atoms with Gasteiger partial charge >= 0.3 is 6.03 Å². The molecule has 1 saturated carbocycles. The second-order valence-corrected chi connectivity index (χ2v) is 7.30. The molecule has 1 saturated heterocycles. The standard InChI is InChI=1S/C21H23FN2O/c1-14-7-8-17(11-19(14)22)20-18(16-9-10-16)13-24(21(25)23-20)12-15-5-3-2-4-6-15/h2-8,11,16,18,20H,9-10,12-13H2,1H3,(H,23,25). The molecule has 25 heavy (non-hydrogen) atoms. The van der Waals surface area contributed by atoms with Crippen molar-refractivity contribution >= 4 is 6.03 Å². The van der Waals surface area contributed by atoms with E-state index in [4.69, 9.17) is 0 Å². The molecule has 1 N–H and O–H groups in total. The fraction of sp³-hybridized carbons (Fsp3) is 0.381. The summed E-state index contributed by atoms with van der Waals surface area (Å²) in [6.45, 7) is 3.11. The Hall–Kier alpha value is -2.36. The van der Waals surface area contributed by atoms with Crippen LogP contribution in [-0.4, -0.2) is 17.5 Å². The highest BCUT2D eigenvalue weighted by Crippen LogP contribution is 2.45. The third-order valence-corrected chi connectivity index (χ3v) is 5.42. The van der Waals surface area contributed by atoms with Gasteiger partial charge in [0.15, 0.2) is 0 Å². The maximum absolute atomic E-state index is 14.0. The number of nitrogens with one attached hydrogen (secondary N) is 1. The molecule has 3 nitrogen and oxygen atoms in total. The van der Waals surface area contributed by atoms with Crippen LogP contribution in [0.15, 0.2) is 48.5 Å². The van der Waals surface area contributed by atoms with Gasteiger partial charge in [-0.1, -0.05) is 42.5 Å². The minimum Gasteiger partial charge on any atom is -0.331 e. The van der Waals surface area contributed by atoms with E-state index in [1.807, 2.05) is 41.3 Å². The van der Waals surface area contributed by atoms with Crippen molar-refractivity contribution in [3.63, 3.8) is 0 Å². The normalized spacial score (nSPS) is 23.4. The van der Waals surface area contributed by atoms with Gasteiger partial charge in [0, 0.05) is 19.0 Å². The van der Waals surface area contributed by atoms with E-state index < -0.39 is 0 Å². The second-order valence-electron chi connectivity index (χ2n) is 7.30. The number of amides is 2. The number of nitrogens with zero attached hydrogens (tertiary/aromatic N) is 1. The predicted octanol–water partition coefficient (Wildman–Crippen LogP) is 4.43. The summed E-state index contributed by atoms with van der Waals surface area (Å²) < 4.78 is 14.0. The summed E-state index contributed by atoms with van der Waals surface area (Å²) in [4.78, 5) is 14.5. The van der Waals surface area contributed by atoms with Crippen LogP contribution in [0.2, 0.25) is 0 Å². The molecule has 4 rings (SSSR count). The highest BCUT2D eigenvalue weighted by atomic mass is 19.1. The molecule has 0 spiro atoms. The van der Waals surface area contributed by atoms with Crippen molar-refractivity contribution in [2.24, 2.45) is 11.8 Å². The zero-order valence-corrected chi connectivity index (χ0v) is 14.4. The summed E-state index contributed by atoms with van der Waals surface area (Å²) in [5.74, 6) is 0.754. The molecule has 0 aromatic heterocycles. The summed E-state index contributed by atoms with van der Waals surface area (Å²) in [5, 5.41) is 3.14. The third kappa shape index (κ3) is 3.39. The van der Waals surface area contributed by atoms with Crippen molar-refractivity contribution < 1.29 is 9.18 Å². The van der Waals surface area contributed by atoms with Crippen LogP contribution in [0.1, 0.15) is 35.6 Å². The molecule has 2 aliphatic rings. The van der Waals surface area contributed by atoms with E-state index in [0.29, 0.717) is 23.9 Å². The molecule has 2 fully saturated rings. The Bertz CT molecular complexity index is 773. The van der Waals surface area contributed by atoms with E-state index in [2.05, 4.69) is 5.32 Å². The fourth-order valence-electron chi connectivity index (χ4n) is 3.79. The van der Waals surface area contributed by atoms with E-state index >= 15 is 0 Å². The molecule has 1 heterocycles. The summed E-state index contributed by atoms with van der Waals surface area (Å²) in [7, 11) is 0. The van der Waals surface area contributed by atoms with Crippen LogP contribution < -0.4 is 5.32 Å². The number of carbonyl (C=O) groups excluding carboxylic acids is 1. The zero-order chi connectivity index (χ0) is 17.4. The van der Waals surface area contributed by atoms with Gasteiger partial charge in [-0.15, -0.1) is 0 Å². The second kappa shape index (κ2) is 6.51. The lowest BCUT2D eigenvalue weighted by Gasteiger charge is -2.40. The Morgan fingerprint density at radius 3 is 2.60 bits per heavy atom. The lowest BCUT2D eigenvalue weighted by molar-refractivity contribution is 0.133. The molecule has 2 amide bonds. The Morgan fingerprint density at radius 2 is 1.92 bits per heavy atom. The van der Waals surface area contributed by atoms with Gasteiger partial charge < -0.3 is 10.2 Å². The van der Waals surface area contributed by atoms with Crippen molar-refractivity contribution in [3.05, 3.63) is 71.0 Å². The van der Waals surface area contributed by atoms with Crippen molar-refractivity contribution in [1.82, 2.24) is 10.2 Å². The number of carbonyl (C=O) groups is 1. The first-order chi connectivity index (χ1) is 12.1. The first kappa shape index (κ1) is 16.1. The molecule has 130 valence electrons. The van der Waals surface area contributed by atoms with E-state index in [9.17, 15) is 9.18 Å². The summed E-state index contributed by atoms with van der Waals surface area (Å²) in [5.41, 5.74) is 2.65. The van der Waals surface area contributed by atoms with Crippen LogP contribution >= 0.6 is 0 Å². The highest BCUT2D eigenvalue weighted by Gasteiger charge is 2.43. The largest absolute Gasteiger partial charge is 0.331 e. The molecular formula is C21H23FN2O. The lowest BCUT2D eigenvalue weighted by Crippen LogP contribution is -2.52. The van der Waals surface area contributed by atoms with Gasteiger partial charge in [0.2, 0.25) is 0 Å². The topological polar surface area (TPSA) is 32.3 Å². The van der Waals surface area contributed by atoms with Gasteiger partial charge in [-0.25, -0.2) is 9.18 Å². The smallest absolute Gasteiger partial charge is 0.318 e. The van der Waals surface area contributed by atoms with Gasteiger partial charge in [-0.2, -0.15) is 0 Å².